The van der Waals surface area contributed by atoms with E-state index in [1.807, 2.05) is 35.2 Å². The summed E-state index contributed by atoms with van der Waals surface area (Å²) in [6.07, 6.45) is -3.68. The minimum Gasteiger partial charge on any atom is -0.445 e. The van der Waals surface area contributed by atoms with Crippen LogP contribution in [0.1, 0.15) is 11.5 Å². The summed E-state index contributed by atoms with van der Waals surface area (Å²) in [7, 11) is 0. The number of pyridine rings is 1. The van der Waals surface area contributed by atoms with Gasteiger partial charge in [0.2, 0.25) is 5.82 Å². The van der Waals surface area contributed by atoms with Gasteiger partial charge in [0.1, 0.15) is 12.4 Å². The fraction of sp³-hybridized carbons (Fsp3) is 0.300. The number of benzene rings is 1. The number of hydrogen-bond donors (Lipinski definition) is 0. The molecule has 0 bridgehead atoms. The minimum atomic E-state index is -4.69. The Balaban J connectivity index is 1.30. The van der Waals surface area contributed by atoms with Crippen LogP contribution in [0.2, 0.25) is 0 Å². The molecule has 162 valence electrons. The van der Waals surface area contributed by atoms with Crippen molar-refractivity contribution < 1.29 is 27.2 Å². The van der Waals surface area contributed by atoms with Gasteiger partial charge in [-0.2, -0.15) is 18.2 Å². The fourth-order valence-corrected chi connectivity index (χ4v) is 3.09. The zero-order valence-electron chi connectivity index (χ0n) is 16.2. The normalized spacial score (nSPS) is 14.5. The number of amides is 1. The molecule has 1 aliphatic rings. The molecule has 0 atom stereocenters. The number of aromatic nitrogens is 3. The molecule has 4 rings (SSSR count). The van der Waals surface area contributed by atoms with Gasteiger partial charge in [-0.05, 0) is 17.7 Å². The molecule has 0 aliphatic carbocycles. The summed E-state index contributed by atoms with van der Waals surface area (Å²) in [6, 6.07) is 12.7. The van der Waals surface area contributed by atoms with Gasteiger partial charge in [-0.3, -0.25) is 0 Å². The van der Waals surface area contributed by atoms with Crippen LogP contribution in [-0.4, -0.2) is 52.3 Å². The van der Waals surface area contributed by atoms with Gasteiger partial charge in [0.15, 0.2) is 0 Å². The van der Waals surface area contributed by atoms with Gasteiger partial charge in [0.25, 0.3) is 0 Å². The maximum Gasteiger partial charge on any atom is 0.471 e. The lowest BCUT2D eigenvalue weighted by atomic mass is 10.2. The molecule has 8 nitrogen and oxygen atoms in total. The largest absolute Gasteiger partial charge is 0.471 e. The Hall–Kier alpha value is -3.63. The van der Waals surface area contributed by atoms with Crippen LogP contribution in [0.5, 0.6) is 0 Å². The summed E-state index contributed by atoms with van der Waals surface area (Å²) in [6.45, 7) is 2.25. The second kappa shape index (κ2) is 8.62. The van der Waals surface area contributed by atoms with Crippen LogP contribution in [0.15, 0.2) is 53.2 Å². The maximum absolute atomic E-state index is 12.6. The molecule has 1 aromatic carbocycles. The summed E-state index contributed by atoms with van der Waals surface area (Å²) in [5.41, 5.74) is 1.23. The van der Waals surface area contributed by atoms with Gasteiger partial charge in [-0.25, -0.2) is 9.78 Å². The van der Waals surface area contributed by atoms with Crippen LogP contribution in [0.4, 0.5) is 23.8 Å². The monoisotopic (exact) mass is 433 g/mol. The molecule has 0 radical (unpaired) electrons. The first kappa shape index (κ1) is 20.6. The molecule has 3 aromatic rings. The van der Waals surface area contributed by atoms with E-state index in [0.717, 1.165) is 5.56 Å². The van der Waals surface area contributed by atoms with Crippen molar-refractivity contribution in [1.29, 1.82) is 0 Å². The van der Waals surface area contributed by atoms with Gasteiger partial charge in [-0.1, -0.05) is 35.5 Å². The number of alkyl halides is 3. The molecule has 2 aromatic heterocycles. The van der Waals surface area contributed by atoms with Crippen LogP contribution in [-0.2, 0) is 17.5 Å². The molecule has 1 aliphatic heterocycles. The number of hydrogen-bond acceptors (Lipinski definition) is 7. The summed E-state index contributed by atoms with van der Waals surface area (Å²) in [4.78, 5) is 23.5. The lowest BCUT2D eigenvalue weighted by molar-refractivity contribution is -0.159. The van der Waals surface area contributed by atoms with Gasteiger partial charge in [0.05, 0.1) is 0 Å². The number of carbonyl (C=O) groups is 1. The van der Waals surface area contributed by atoms with E-state index in [4.69, 9.17) is 4.74 Å². The highest BCUT2D eigenvalue weighted by Crippen LogP contribution is 2.29. The molecule has 3 heterocycles. The molecule has 1 saturated heterocycles. The van der Waals surface area contributed by atoms with E-state index in [-0.39, 0.29) is 18.5 Å². The van der Waals surface area contributed by atoms with Crippen molar-refractivity contribution in [1.82, 2.24) is 20.0 Å². The van der Waals surface area contributed by atoms with Crippen molar-refractivity contribution in [2.45, 2.75) is 12.8 Å². The molecule has 11 heteroatoms. The van der Waals surface area contributed by atoms with Crippen molar-refractivity contribution in [3.8, 4) is 11.4 Å². The number of ether oxygens (including phenoxy) is 1. The standard InChI is InChI=1S/C20H18F3N5O3/c21-20(22,23)18-25-17(26-31-18)15-6-7-16(24-12-15)27-8-10-28(11-9-27)19(29)30-13-14-4-2-1-3-5-14/h1-7,12H,8-11,13H2. The lowest BCUT2D eigenvalue weighted by Gasteiger charge is -2.34. The van der Waals surface area contributed by atoms with Crippen LogP contribution in [0, 0.1) is 0 Å². The SMILES string of the molecule is O=C(OCc1ccccc1)N1CCN(c2ccc(-c3noc(C(F)(F)F)n3)cn2)CC1. The van der Waals surface area contributed by atoms with Crippen LogP contribution < -0.4 is 4.90 Å². The van der Waals surface area contributed by atoms with E-state index >= 15 is 0 Å². The predicted octanol–water partition coefficient (Wildman–Crippen LogP) is 3.61. The average Bonchev–Trinajstić information content (AvgIpc) is 3.29. The molecule has 0 unspecified atom stereocenters. The number of anilines is 1. The Morgan fingerprint density at radius 3 is 2.42 bits per heavy atom. The number of carbonyl (C=O) groups excluding carboxylic acids is 1. The number of rotatable bonds is 4. The highest BCUT2D eigenvalue weighted by molar-refractivity contribution is 5.68. The quantitative estimate of drug-likeness (QED) is 0.621. The molecular formula is C20H18F3N5O3. The topological polar surface area (TPSA) is 84.6 Å². The highest BCUT2D eigenvalue weighted by Gasteiger charge is 2.38. The third-order valence-electron chi connectivity index (χ3n) is 4.74. The number of nitrogens with zero attached hydrogens (tertiary/aromatic N) is 5. The summed E-state index contributed by atoms with van der Waals surface area (Å²) in [5.74, 6) is -0.945. The van der Waals surface area contributed by atoms with Crippen LogP contribution in [0.25, 0.3) is 11.4 Å². The zero-order valence-corrected chi connectivity index (χ0v) is 16.2. The molecule has 0 spiro atoms. The lowest BCUT2D eigenvalue weighted by Crippen LogP contribution is -2.49. The Morgan fingerprint density at radius 1 is 1.06 bits per heavy atom. The fourth-order valence-electron chi connectivity index (χ4n) is 3.09. The second-order valence-electron chi connectivity index (χ2n) is 6.84. The van der Waals surface area contributed by atoms with Crippen LogP contribution >= 0.6 is 0 Å². The van der Waals surface area contributed by atoms with Gasteiger partial charge in [0, 0.05) is 37.9 Å². The van der Waals surface area contributed by atoms with E-state index in [2.05, 4.69) is 19.6 Å². The highest BCUT2D eigenvalue weighted by atomic mass is 19.4. The van der Waals surface area contributed by atoms with Crippen molar-refractivity contribution in [3.05, 3.63) is 60.1 Å². The third-order valence-corrected chi connectivity index (χ3v) is 4.74. The molecular weight excluding hydrogens is 415 g/mol. The van der Waals surface area contributed by atoms with Gasteiger partial charge < -0.3 is 19.1 Å². The molecule has 0 saturated carbocycles. The molecule has 31 heavy (non-hydrogen) atoms. The number of piperazine rings is 1. The van der Waals surface area contributed by atoms with Gasteiger partial charge >= 0.3 is 18.2 Å². The second-order valence-corrected chi connectivity index (χ2v) is 6.84. The molecule has 0 N–H and O–H groups in total. The van der Waals surface area contributed by atoms with E-state index < -0.39 is 12.1 Å². The predicted molar refractivity (Wildman–Crippen MR) is 103 cm³/mol. The Bertz CT molecular complexity index is 1020. The average molecular weight is 433 g/mol. The Morgan fingerprint density at radius 2 is 1.81 bits per heavy atom. The van der Waals surface area contributed by atoms with E-state index in [1.165, 1.54) is 6.20 Å². The number of halogens is 3. The summed E-state index contributed by atoms with van der Waals surface area (Å²) < 4.78 is 47.4. The Labute approximate surface area is 175 Å². The van der Waals surface area contributed by atoms with Crippen molar-refractivity contribution in [2.75, 3.05) is 31.1 Å². The van der Waals surface area contributed by atoms with E-state index in [0.29, 0.717) is 37.6 Å². The van der Waals surface area contributed by atoms with Crippen molar-refractivity contribution in [2.24, 2.45) is 0 Å². The zero-order chi connectivity index (χ0) is 21.8. The first-order valence-electron chi connectivity index (χ1n) is 9.48. The first-order chi connectivity index (χ1) is 14.9. The maximum atomic E-state index is 12.6. The third kappa shape index (κ3) is 4.93. The van der Waals surface area contributed by atoms with Crippen molar-refractivity contribution >= 4 is 11.9 Å². The smallest absolute Gasteiger partial charge is 0.445 e. The van der Waals surface area contributed by atoms with Crippen LogP contribution in [0.3, 0.4) is 0 Å². The molecule has 1 amide bonds. The van der Waals surface area contributed by atoms with Crippen molar-refractivity contribution in [3.63, 3.8) is 0 Å². The summed E-state index contributed by atoms with van der Waals surface area (Å²) in [5, 5.41) is 3.35. The van der Waals surface area contributed by atoms with E-state index in [9.17, 15) is 18.0 Å². The molecule has 1 fully saturated rings. The van der Waals surface area contributed by atoms with E-state index in [1.54, 1.807) is 17.0 Å². The minimum absolute atomic E-state index is 0.183. The summed E-state index contributed by atoms with van der Waals surface area (Å²) >= 11 is 0. The first-order valence-corrected chi connectivity index (χ1v) is 9.48. The Kier molecular flexibility index (Phi) is 5.74. The van der Waals surface area contributed by atoms with Gasteiger partial charge in [-0.15, -0.1) is 0 Å².